The van der Waals surface area contributed by atoms with Gasteiger partial charge in [-0.05, 0) is 66.9 Å². The number of aromatic amines is 1. The second-order valence-corrected chi connectivity index (χ2v) is 10.5. The number of carbonyl (C=O) groups is 4. The molecule has 0 fully saturated rings. The topological polar surface area (TPSA) is 178 Å². The van der Waals surface area contributed by atoms with Crippen molar-refractivity contribution in [3.8, 4) is 23.7 Å². The number of carbonyl (C=O) groups excluding carboxylic acids is 3. The zero-order valence-electron chi connectivity index (χ0n) is 23.9. The highest BCUT2D eigenvalue weighted by Gasteiger charge is 2.28. The lowest BCUT2D eigenvalue weighted by atomic mass is 10.0. The Labute approximate surface area is 265 Å². The van der Waals surface area contributed by atoms with Crippen molar-refractivity contribution in [1.82, 2.24) is 20.0 Å². The lowest BCUT2D eigenvalue weighted by Crippen LogP contribution is -2.46. The number of aromatic nitrogens is 3. The molecule has 1 atom stereocenters. The number of nitrogens with zero attached hydrogens (tertiary/aromatic N) is 2. The molecule has 2 heterocycles. The fourth-order valence-corrected chi connectivity index (χ4v) is 4.92. The number of H-pyrrole nitrogens is 1. The maximum Gasteiger partial charge on any atom is 0.352 e. The number of amides is 3. The van der Waals surface area contributed by atoms with Gasteiger partial charge in [-0.2, -0.15) is 4.73 Å². The van der Waals surface area contributed by atoms with Crippen LogP contribution in [0.25, 0.3) is 22.3 Å². The molecule has 0 aliphatic carbocycles. The molecule has 14 heteroatoms. The van der Waals surface area contributed by atoms with E-state index >= 15 is 0 Å². The molecule has 3 aromatic carbocycles. The summed E-state index contributed by atoms with van der Waals surface area (Å²) in [6, 6.07) is 15.4. The summed E-state index contributed by atoms with van der Waals surface area (Å²) < 4.78 is 15.1. The maximum atomic E-state index is 14.7. The molecule has 6 N–H and O–H groups in total. The van der Waals surface area contributed by atoms with E-state index in [0.29, 0.717) is 32.6 Å². The van der Waals surface area contributed by atoms with Crippen LogP contribution in [0.2, 0.25) is 5.02 Å². The van der Waals surface area contributed by atoms with Crippen molar-refractivity contribution in [2.75, 3.05) is 10.6 Å². The third-order valence-electron chi connectivity index (χ3n) is 6.96. The summed E-state index contributed by atoms with van der Waals surface area (Å²) in [6.07, 6.45) is 5.06. The minimum atomic E-state index is -1.23. The van der Waals surface area contributed by atoms with Gasteiger partial charge in [0.2, 0.25) is 5.91 Å². The second-order valence-electron chi connectivity index (χ2n) is 10.1. The number of hydrogen-bond donors (Lipinski definition) is 6. The normalized spacial score (nSPS) is 11.4. The van der Waals surface area contributed by atoms with Gasteiger partial charge < -0.3 is 31.2 Å². The third kappa shape index (κ3) is 6.52. The fraction of sp³-hybridized carbons (Fsp3) is 0.0938. The van der Waals surface area contributed by atoms with Crippen molar-refractivity contribution in [2.45, 2.75) is 19.4 Å². The van der Waals surface area contributed by atoms with Crippen molar-refractivity contribution in [3.63, 3.8) is 0 Å². The first-order chi connectivity index (χ1) is 21.9. The van der Waals surface area contributed by atoms with Crippen LogP contribution in [0.4, 0.5) is 15.8 Å². The Morgan fingerprint density at radius 3 is 2.48 bits per heavy atom. The first-order valence-electron chi connectivity index (χ1n) is 13.5. The summed E-state index contributed by atoms with van der Waals surface area (Å²) in [5.74, 6) is -2.48. The van der Waals surface area contributed by atoms with Crippen LogP contribution in [0.1, 0.15) is 32.2 Å². The van der Waals surface area contributed by atoms with Crippen molar-refractivity contribution in [3.05, 3.63) is 100 Å². The number of halogens is 2. The number of aryl methyl sites for hydroxylation is 1. The molecule has 0 spiro atoms. The second kappa shape index (κ2) is 12.8. The van der Waals surface area contributed by atoms with E-state index in [2.05, 4.69) is 25.9 Å². The van der Waals surface area contributed by atoms with Gasteiger partial charge in [-0.3, -0.25) is 14.4 Å². The van der Waals surface area contributed by atoms with Crippen LogP contribution < -0.4 is 16.0 Å². The van der Waals surface area contributed by atoms with E-state index in [1.807, 2.05) is 5.92 Å². The van der Waals surface area contributed by atoms with Gasteiger partial charge in [0.15, 0.2) is 17.3 Å². The summed E-state index contributed by atoms with van der Waals surface area (Å²) in [5, 5.41) is 28.3. The first-order valence-corrected chi connectivity index (χ1v) is 13.9. The highest BCUT2D eigenvalue weighted by molar-refractivity contribution is 6.31. The largest absolute Gasteiger partial charge is 0.477 e. The van der Waals surface area contributed by atoms with Crippen LogP contribution in [0, 0.1) is 25.1 Å². The number of benzene rings is 3. The van der Waals surface area contributed by atoms with E-state index in [0.717, 1.165) is 0 Å². The van der Waals surface area contributed by atoms with E-state index in [9.17, 15) is 33.9 Å². The predicted molar refractivity (Wildman–Crippen MR) is 167 cm³/mol. The number of aromatic carboxylic acids is 1. The summed E-state index contributed by atoms with van der Waals surface area (Å²) in [4.78, 5) is 56.9. The number of anilines is 2. The van der Waals surface area contributed by atoms with E-state index in [-0.39, 0.29) is 39.9 Å². The molecule has 232 valence electrons. The SMILES string of the molecule is C#CC(=O)Nc1ccc(C[C@H](NC(=O)c2c(C)nc(-c3cccc(Cl)c3F)n2O)C(=O)Nc2ccc3[nH]c(C(=O)O)cc3c2)cc1. The van der Waals surface area contributed by atoms with E-state index in [1.54, 1.807) is 42.5 Å². The first kappa shape index (κ1) is 31.3. The average Bonchev–Trinajstić information content (AvgIpc) is 3.58. The predicted octanol–water partition coefficient (Wildman–Crippen LogP) is 4.62. The number of hydrogen-bond acceptors (Lipinski definition) is 6. The standard InChI is InChI=1S/C32H24ClFN6O6/c1-3-26(41)36-19-9-7-17(8-10-19)13-24(30(42)37-20-11-12-23-18(14-20)15-25(38-23)32(44)45)39-31(43)28-16(2)35-29(40(28)46)21-5-4-6-22(33)27(21)34/h1,4-12,14-15,24,38,46H,13H2,2H3,(H,36,41)(H,37,42)(H,39,43)(H,44,45)/t24-/m0/s1. The van der Waals surface area contributed by atoms with Gasteiger partial charge in [0.1, 0.15) is 11.7 Å². The van der Waals surface area contributed by atoms with Gasteiger partial charge in [0, 0.05) is 28.7 Å². The highest BCUT2D eigenvalue weighted by atomic mass is 35.5. The Morgan fingerprint density at radius 1 is 1.07 bits per heavy atom. The number of carboxylic acid groups (broad SMARTS) is 1. The Balaban J connectivity index is 1.44. The summed E-state index contributed by atoms with van der Waals surface area (Å²) in [7, 11) is 0. The molecular formula is C32H24ClFN6O6. The molecule has 0 aliphatic heterocycles. The minimum Gasteiger partial charge on any atom is -0.477 e. The van der Waals surface area contributed by atoms with Gasteiger partial charge in [0.25, 0.3) is 11.8 Å². The molecule has 0 saturated carbocycles. The van der Waals surface area contributed by atoms with Crippen molar-refractivity contribution in [1.29, 1.82) is 0 Å². The van der Waals surface area contributed by atoms with E-state index in [1.165, 1.54) is 31.2 Å². The molecule has 5 aromatic rings. The minimum absolute atomic E-state index is 0.0292. The number of fused-ring (bicyclic) bond motifs is 1. The van der Waals surface area contributed by atoms with Crippen molar-refractivity contribution in [2.24, 2.45) is 0 Å². The Hall–Kier alpha value is -6.13. The zero-order chi connectivity index (χ0) is 33.1. The highest BCUT2D eigenvalue weighted by Crippen LogP contribution is 2.28. The Morgan fingerprint density at radius 2 is 1.78 bits per heavy atom. The molecule has 5 rings (SSSR count). The van der Waals surface area contributed by atoms with Gasteiger partial charge in [-0.25, -0.2) is 14.2 Å². The van der Waals surface area contributed by atoms with Crippen LogP contribution in [0.15, 0.2) is 66.7 Å². The van der Waals surface area contributed by atoms with Crippen LogP contribution in [-0.4, -0.2) is 54.7 Å². The molecule has 2 aromatic heterocycles. The van der Waals surface area contributed by atoms with Crippen molar-refractivity contribution < 1.29 is 33.9 Å². The third-order valence-corrected chi connectivity index (χ3v) is 7.25. The number of terminal acetylenes is 1. The van der Waals surface area contributed by atoms with E-state index < -0.39 is 35.5 Å². The lowest BCUT2D eigenvalue weighted by Gasteiger charge is -2.19. The van der Waals surface area contributed by atoms with E-state index in [4.69, 9.17) is 18.0 Å². The van der Waals surface area contributed by atoms with Crippen molar-refractivity contribution >= 4 is 57.6 Å². The Bertz CT molecular complexity index is 2060. The maximum absolute atomic E-state index is 14.7. The van der Waals surface area contributed by atoms with Crippen LogP contribution in [0.3, 0.4) is 0 Å². The zero-order valence-corrected chi connectivity index (χ0v) is 24.6. The number of imidazole rings is 1. The monoisotopic (exact) mass is 642 g/mol. The summed E-state index contributed by atoms with van der Waals surface area (Å²) >= 11 is 5.89. The Kier molecular flexibility index (Phi) is 8.74. The molecule has 0 bridgehead atoms. The van der Waals surface area contributed by atoms with Crippen LogP contribution in [-0.2, 0) is 16.0 Å². The molecular weight excluding hydrogens is 619 g/mol. The van der Waals surface area contributed by atoms with Crippen LogP contribution in [0.5, 0.6) is 0 Å². The molecule has 46 heavy (non-hydrogen) atoms. The van der Waals surface area contributed by atoms with Gasteiger partial charge >= 0.3 is 5.97 Å². The quantitative estimate of drug-likeness (QED) is 0.100. The fourth-order valence-electron chi connectivity index (χ4n) is 4.75. The molecule has 3 amide bonds. The molecule has 12 nitrogen and oxygen atoms in total. The number of carboxylic acids is 1. The molecule has 0 saturated heterocycles. The number of nitrogens with one attached hydrogen (secondary N) is 4. The molecule has 0 unspecified atom stereocenters. The van der Waals surface area contributed by atoms with Gasteiger partial charge in [-0.15, -0.1) is 6.42 Å². The van der Waals surface area contributed by atoms with Gasteiger partial charge in [0.05, 0.1) is 16.3 Å². The molecule has 0 aliphatic rings. The average molecular weight is 643 g/mol. The number of rotatable bonds is 9. The lowest BCUT2D eigenvalue weighted by molar-refractivity contribution is -0.118. The van der Waals surface area contributed by atoms with Gasteiger partial charge in [-0.1, -0.05) is 29.8 Å². The summed E-state index contributed by atoms with van der Waals surface area (Å²) in [6.45, 7) is 1.43. The summed E-state index contributed by atoms with van der Waals surface area (Å²) in [5.41, 5.74) is 1.40. The molecule has 0 radical (unpaired) electrons. The van der Waals surface area contributed by atoms with Crippen LogP contribution >= 0.6 is 11.6 Å². The smallest absolute Gasteiger partial charge is 0.352 e.